The third-order valence-corrected chi connectivity index (χ3v) is 10.6. The van der Waals surface area contributed by atoms with Crippen molar-refractivity contribution in [1.82, 2.24) is 13.9 Å². The quantitative estimate of drug-likeness (QED) is 0.169. The van der Waals surface area contributed by atoms with E-state index >= 15 is 4.39 Å². The molecule has 0 spiro atoms. The van der Waals surface area contributed by atoms with E-state index in [1.54, 1.807) is 10.6 Å². The van der Waals surface area contributed by atoms with E-state index in [1.807, 2.05) is 0 Å². The molecule has 0 radical (unpaired) electrons. The van der Waals surface area contributed by atoms with E-state index < -0.39 is 53.1 Å². The lowest BCUT2D eigenvalue weighted by Crippen LogP contribution is -2.41. The Bertz CT molecular complexity index is 1510. The summed E-state index contributed by atoms with van der Waals surface area (Å²) in [6, 6.07) is 4.33. The molecule has 1 atom stereocenters. The van der Waals surface area contributed by atoms with Crippen LogP contribution in [0, 0.1) is 11.6 Å². The monoisotopic (exact) mass is 646 g/mol. The molecular formula is C25H30BrF3N4O4SSi. The van der Waals surface area contributed by atoms with Crippen LogP contribution in [-0.4, -0.2) is 69.0 Å². The number of anilines is 1. The zero-order chi connectivity index (χ0) is 28.7. The number of ether oxygens (including phenoxy) is 1. The first-order chi connectivity index (χ1) is 18.2. The smallest absolute Gasteiger partial charge is 0.304 e. The maximum atomic E-state index is 15.7. The largest absolute Gasteiger partial charge is 0.361 e. The Hall–Kier alpha value is -2.26. The zero-order valence-corrected chi connectivity index (χ0v) is 25.5. The molecule has 0 amide bonds. The van der Waals surface area contributed by atoms with E-state index in [1.165, 1.54) is 12.4 Å². The summed E-state index contributed by atoms with van der Waals surface area (Å²) in [6.07, 6.45) is 1.67. The van der Waals surface area contributed by atoms with E-state index in [2.05, 4.69) is 40.6 Å². The Morgan fingerprint density at radius 1 is 1.28 bits per heavy atom. The molecule has 1 aromatic carbocycles. The van der Waals surface area contributed by atoms with Gasteiger partial charge in [0, 0.05) is 57.1 Å². The first-order valence-electron chi connectivity index (χ1n) is 12.3. The van der Waals surface area contributed by atoms with Crippen molar-refractivity contribution < 1.29 is 31.1 Å². The van der Waals surface area contributed by atoms with Crippen molar-refractivity contribution in [2.45, 2.75) is 45.0 Å². The van der Waals surface area contributed by atoms with Gasteiger partial charge in [0.2, 0.25) is 5.78 Å². The molecule has 212 valence electrons. The predicted octanol–water partition coefficient (Wildman–Crippen LogP) is 5.35. The second-order valence-corrected chi connectivity index (χ2v) is 19.2. The van der Waals surface area contributed by atoms with E-state index in [9.17, 15) is 22.0 Å². The molecule has 0 bridgehead atoms. The van der Waals surface area contributed by atoms with E-state index in [0.29, 0.717) is 26.4 Å². The second-order valence-electron chi connectivity index (χ2n) is 10.7. The summed E-state index contributed by atoms with van der Waals surface area (Å²) in [5.74, 6) is -3.46. The number of halogens is 4. The minimum absolute atomic E-state index is 0.0205. The van der Waals surface area contributed by atoms with Gasteiger partial charge in [-0.15, -0.1) is 0 Å². The van der Waals surface area contributed by atoms with Gasteiger partial charge in [-0.05, 0) is 46.6 Å². The Morgan fingerprint density at radius 2 is 2.00 bits per heavy atom. The minimum Gasteiger partial charge on any atom is -0.361 e. The summed E-state index contributed by atoms with van der Waals surface area (Å²) in [6.45, 7) is 6.84. The van der Waals surface area contributed by atoms with E-state index in [4.69, 9.17) is 4.74 Å². The maximum Gasteiger partial charge on any atom is 0.304 e. The highest BCUT2D eigenvalue weighted by atomic mass is 79.9. The van der Waals surface area contributed by atoms with Gasteiger partial charge in [0.15, 0.2) is 5.82 Å². The van der Waals surface area contributed by atoms with Crippen molar-refractivity contribution in [3.8, 4) is 0 Å². The summed E-state index contributed by atoms with van der Waals surface area (Å²) in [5.41, 5.74) is -1.06. The number of alkyl halides is 1. The molecular weight excluding hydrogens is 617 g/mol. The number of aromatic nitrogens is 2. The second kappa shape index (κ2) is 11.3. The molecule has 1 fully saturated rings. The fourth-order valence-electron chi connectivity index (χ4n) is 4.29. The van der Waals surface area contributed by atoms with Crippen molar-refractivity contribution in [1.29, 1.82) is 0 Å². The van der Waals surface area contributed by atoms with Crippen LogP contribution in [0.3, 0.4) is 0 Å². The lowest BCUT2D eigenvalue weighted by atomic mass is 10.0. The van der Waals surface area contributed by atoms with Crippen LogP contribution < -0.4 is 4.31 Å². The molecule has 0 N–H and O–H groups in total. The average molecular weight is 648 g/mol. The number of carbonyl (C=O) groups excluding carboxylic acids is 1. The van der Waals surface area contributed by atoms with Crippen LogP contribution in [0.15, 0.2) is 35.1 Å². The molecule has 3 aromatic rings. The van der Waals surface area contributed by atoms with Gasteiger partial charge in [0.1, 0.15) is 24.4 Å². The van der Waals surface area contributed by atoms with Crippen LogP contribution in [-0.2, 0) is 21.7 Å². The van der Waals surface area contributed by atoms with Gasteiger partial charge in [-0.1, -0.05) is 19.6 Å². The molecule has 0 aliphatic carbocycles. The summed E-state index contributed by atoms with van der Waals surface area (Å²) < 4.78 is 79.8. The zero-order valence-electron chi connectivity index (χ0n) is 22.0. The molecule has 4 rings (SSSR count). The topological polar surface area (TPSA) is 84.7 Å². The standard InChI is InChI=1S/C25H30BrF3N4O4SSi/c1-31(38(35,36)33-8-7-17(27)13-33)21-6-5-20(28)22(23(21)29)24(34)19-14-32(15-37-9-10-39(2,3)4)25-18(19)11-16(26)12-30-25/h5-6,11-12,14,17H,7-10,13,15H2,1-4H3. The van der Waals surface area contributed by atoms with Gasteiger partial charge >= 0.3 is 10.2 Å². The Morgan fingerprint density at radius 3 is 2.64 bits per heavy atom. The number of carbonyl (C=O) groups is 1. The molecule has 14 heteroatoms. The highest BCUT2D eigenvalue weighted by Gasteiger charge is 2.36. The number of fused-ring (bicyclic) bond motifs is 1. The SMILES string of the molecule is CN(c1ccc(F)c(C(=O)c2cn(COCC[Si](C)(C)C)c3ncc(Br)cc23)c1F)S(=O)(=O)N1CCC(F)C1. The lowest BCUT2D eigenvalue weighted by molar-refractivity contribution is 0.0896. The fraction of sp³-hybridized carbons (Fsp3) is 0.440. The minimum atomic E-state index is -4.31. The molecule has 1 unspecified atom stereocenters. The van der Waals surface area contributed by atoms with E-state index in [-0.39, 0.29) is 31.8 Å². The number of ketones is 1. The third-order valence-electron chi connectivity index (χ3n) is 6.55. The molecule has 2 aromatic heterocycles. The van der Waals surface area contributed by atoms with Crippen molar-refractivity contribution in [2.24, 2.45) is 0 Å². The van der Waals surface area contributed by atoms with Crippen molar-refractivity contribution in [3.63, 3.8) is 0 Å². The van der Waals surface area contributed by atoms with Crippen LogP contribution in [0.25, 0.3) is 11.0 Å². The number of hydrogen-bond donors (Lipinski definition) is 0. The Labute approximate surface area is 235 Å². The first-order valence-corrected chi connectivity index (χ1v) is 18.2. The van der Waals surface area contributed by atoms with Gasteiger partial charge in [0.25, 0.3) is 0 Å². The van der Waals surface area contributed by atoms with Crippen LogP contribution >= 0.6 is 15.9 Å². The van der Waals surface area contributed by atoms with E-state index in [0.717, 1.165) is 29.5 Å². The van der Waals surface area contributed by atoms with Crippen LogP contribution in [0.1, 0.15) is 22.3 Å². The van der Waals surface area contributed by atoms with Crippen molar-refractivity contribution in [3.05, 3.63) is 57.8 Å². The molecule has 39 heavy (non-hydrogen) atoms. The summed E-state index contributed by atoms with van der Waals surface area (Å²) in [7, 11) is -4.56. The molecule has 0 saturated carbocycles. The van der Waals surface area contributed by atoms with Gasteiger partial charge < -0.3 is 9.30 Å². The van der Waals surface area contributed by atoms with Crippen molar-refractivity contribution >= 4 is 56.7 Å². The predicted molar refractivity (Wildman–Crippen MR) is 150 cm³/mol. The number of hydrogen-bond acceptors (Lipinski definition) is 5. The molecule has 8 nitrogen and oxygen atoms in total. The molecule has 1 aliphatic rings. The summed E-state index contributed by atoms with van der Waals surface area (Å²) >= 11 is 3.32. The lowest BCUT2D eigenvalue weighted by Gasteiger charge is -2.26. The number of nitrogens with zero attached hydrogens (tertiary/aromatic N) is 4. The number of benzene rings is 1. The third kappa shape index (κ3) is 6.24. The van der Waals surface area contributed by atoms with Crippen LogP contribution in [0.5, 0.6) is 0 Å². The Balaban J connectivity index is 1.71. The molecule has 3 heterocycles. The maximum absolute atomic E-state index is 15.7. The van der Waals surface area contributed by atoms with Gasteiger partial charge in [-0.2, -0.15) is 12.7 Å². The molecule has 1 aliphatic heterocycles. The van der Waals surface area contributed by atoms with Crippen LogP contribution in [0.4, 0.5) is 18.9 Å². The van der Waals surface area contributed by atoms with Crippen LogP contribution in [0.2, 0.25) is 25.7 Å². The normalized spacial score (nSPS) is 16.8. The first kappa shape index (κ1) is 29.7. The van der Waals surface area contributed by atoms with Gasteiger partial charge in [0.05, 0.1) is 16.8 Å². The Kier molecular flexibility index (Phi) is 8.62. The summed E-state index contributed by atoms with van der Waals surface area (Å²) in [4.78, 5) is 18.0. The molecule has 1 saturated heterocycles. The van der Waals surface area contributed by atoms with Crippen molar-refractivity contribution in [2.75, 3.05) is 31.0 Å². The van der Waals surface area contributed by atoms with Gasteiger partial charge in [-0.25, -0.2) is 18.2 Å². The number of rotatable bonds is 10. The highest BCUT2D eigenvalue weighted by Crippen LogP contribution is 2.32. The summed E-state index contributed by atoms with van der Waals surface area (Å²) in [5, 5.41) is 0.347. The highest BCUT2D eigenvalue weighted by molar-refractivity contribution is 9.10. The average Bonchev–Trinajstić information content (AvgIpc) is 3.44. The fourth-order valence-corrected chi connectivity index (χ4v) is 6.80. The van der Waals surface area contributed by atoms with Gasteiger partial charge in [-0.3, -0.25) is 9.10 Å². The number of pyridine rings is 1.